The summed E-state index contributed by atoms with van der Waals surface area (Å²) >= 11 is 0. The highest BCUT2D eigenvalue weighted by molar-refractivity contribution is 6.62. The van der Waals surface area contributed by atoms with Crippen LogP contribution >= 0.6 is 0 Å². The SMILES string of the molecule is C[N+]1(C)CCO[C@H](CC(=O)N2CC(Oc3ccc4c(c3C(=O)[O-])O[B-](O)(O)[C@H]3C[C@@H]43)C2)C1. The molecule has 1 aliphatic carbocycles. The Bertz CT molecular complexity index is 961. The van der Waals surface area contributed by atoms with Crippen molar-refractivity contribution in [2.24, 2.45) is 0 Å². The monoisotopic (exact) mass is 447 g/mol. The topological polar surface area (TPSA) is 129 Å². The molecular weight excluding hydrogens is 419 g/mol. The van der Waals surface area contributed by atoms with Crippen LogP contribution in [0, 0.1) is 0 Å². The van der Waals surface area contributed by atoms with Gasteiger partial charge in [0, 0.05) is 0 Å². The number of aromatic carboxylic acids is 1. The number of likely N-dealkylation sites (tertiary alicyclic amines) is 1. The number of likely N-dealkylation sites (N-methyl/N-ethyl adjacent to an activating group) is 1. The lowest BCUT2D eigenvalue weighted by Crippen LogP contribution is -2.58. The molecule has 5 rings (SSSR count). The Labute approximate surface area is 185 Å². The van der Waals surface area contributed by atoms with E-state index in [1.54, 1.807) is 17.0 Å². The molecule has 0 spiro atoms. The first-order valence-corrected chi connectivity index (χ1v) is 11.1. The molecule has 1 amide bonds. The smallest absolute Gasteiger partial charge is 0.434 e. The molecule has 3 heterocycles. The van der Waals surface area contributed by atoms with Gasteiger partial charge in [0.1, 0.15) is 31.0 Å². The summed E-state index contributed by atoms with van der Waals surface area (Å²) in [7, 11) is 4.24. The molecule has 3 atom stereocenters. The van der Waals surface area contributed by atoms with Crippen LogP contribution in [0.3, 0.4) is 0 Å². The summed E-state index contributed by atoms with van der Waals surface area (Å²) in [5.74, 6) is -2.12. The van der Waals surface area contributed by atoms with Crippen molar-refractivity contribution in [2.45, 2.75) is 36.8 Å². The van der Waals surface area contributed by atoms with Gasteiger partial charge in [-0.05, 0) is 17.5 Å². The fourth-order valence-corrected chi connectivity index (χ4v) is 5.11. The third-order valence-electron chi connectivity index (χ3n) is 7.09. The van der Waals surface area contributed by atoms with E-state index in [0.29, 0.717) is 38.1 Å². The minimum atomic E-state index is -3.11. The van der Waals surface area contributed by atoms with Crippen molar-refractivity contribution < 1.29 is 43.4 Å². The minimum Gasteiger partial charge on any atom is -0.669 e. The van der Waals surface area contributed by atoms with Crippen LogP contribution < -0.4 is 14.5 Å². The summed E-state index contributed by atoms with van der Waals surface area (Å²) in [5, 5.41) is 32.1. The molecule has 2 N–H and O–H groups in total. The second kappa shape index (κ2) is 7.34. The highest BCUT2D eigenvalue weighted by Gasteiger charge is 2.55. The van der Waals surface area contributed by atoms with Gasteiger partial charge in [-0.1, -0.05) is 18.3 Å². The third-order valence-corrected chi connectivity index (χ3v) is 7.09. The molecule has 0 bridgehead atoms. The van der Waals surface area contributed by atoms with E-state index in [2.05, 4.69) is 14.1 Å². The number of carbonyl (C=O) groups excluding carboxylic acids is 2. The second-order valence-electron chi connectivity index (χ2n) is 10.1. The van der Waals surface area contributed by atoms with Crippen LogP contribution in [0.4, 0.5) is 0 Å². The Kier molecular flexibility index (Phi) is 4.93. The van der Waals surface area contributed by atoms with Gasteiger partial charge >= 0.3 is 6.75 Å². The van der Waals surface area contributed by atoms with E-state index < -0.39 is 18.5 Å². The van der Waals surface area contributed by atoms with E-state index in [1.807, 2.05) is 0 Å². The third kappa shape index (κ3) is 3.83. The number of fused-ring (bicyclic) bond motifs is 3. The second-order valence-corrected chi connectivity index (χ2v) is 10.1. The summed E-state index contributed by atoms with van der Waals surface area (Å²) in [4.78, 5) is 26.1. The number of carbonyl (C=O) groups is 2. The largest absolute Gasteiger partial charge is 0.669 e. The lowest BCUT2D eigenvalue weighted by Gasteiger charge is -2.42. The molecule has 1 aromatic carbocycles. The number of quaternary nitrogens is 1. The number of hydrogen-bond acceptors (Lipinski definition) is 8. The Hall–Kier alpha value is -2.34. The van der Waals surface area contributed by atoms with Gasteiger partial charge in [-0.3, -0.25) is 4.79 Å². The van der Waals surface area contributed by atoms with Crippen molar-refractivity contribution in [3.8, 4) is 11.5 Å². The predicted molar refractivity (Wildman–Crippen MR) is 110 cm³/mol. The summed E-state index contributed by atoms with van der Waals surface area (Å²) in [6.07, 6.45) is 0.363. The fourth-order valence-electron chi connectivity index (χ4n) is 5.11. The average molecular weight is 447 g/mol. The van der Waals surface area contributed by atoms with Gasteiger partial charge in [-0.15, -0.1) is 0 Å². The Morgan fingerprint density at radius 2 is 2.06 bits per heavy atom. The number of morpholine rings is 1. The van der Waals surface area contributed by atoms with Gasteiger partial charge in [0.25, 0.3) is 0 Å². The van der Waals surface area contributed by atoms with E-state index in [0.717, 1.165) is 17.6 Å². The van der Waals surface area contributed by atoms with Gasteiger partial charge in [0.2, 0.25) is 5.91 Å². The molecular formula is C21H28BN2O8-. The Morgan fingerprint density at radius 1 is 1.31 bits per heavy atom. The fraction of sp³-hybridized carbons (Fsp3) is 0.619. The van der Waals surface area contributed by atoms with Gasteiger partial charge in [-0.2, -0.15) is 0 Å². The molecule has 0 radical (unpaired) electrons. The molecule has 3 aliphatic heterocycles. The molecule has 174 valence electrons. The Balaban J connectivity index is 1.23. The van der Waals surface area contributed by atoms with Crippen LogP contribution in [-0.4, -0.2) is 97.2 Å². The maximum Gasteiger partial charge on any atom is 0.434 e. The van der Waals surface area contributed by atoms with E-state index in [4.69, 9.17) is 14.1 Å². The van der Waals surface area contributed by atoms with Crippen LogP contribution in [0.2, 0.25) is 5.82 Å². The van der Waals surface area contributed by atoms with Crippen molar-refractivity contribution in [3.05, 3.63) is 23.3 Å². The predicted octanol–water partition coefficient (Wildman–Crippen LogP) is -1.32. The number of carboxylic acids is 1. The van der Waals surface area contributed by atoms with Gasteiger partial charge in [-0.25, -0.2) is 0 Å². The summed E-state index contributed by atoms with van der Waals surface area (Å²) < 4.78 is 17.7. The zero-order valence-electron chi connectivity index (χ0n) is 18.2. The molecule has 2 saturated heterocycles. The molecule has 4 aliphatic rings. The van der Waals surface area contributed by atoms with Crippen molar-refractivity contribution in [1.82, 2.24) is 4.90 Å². The normalized spacial score (nSPS) is 29.8. The first-order valence-electron chi connectivity index (χ1n) is 11.1. The maximum absolute atomic E-state index is 12.6. The van der Waals surface area contributed by atoms with Gasteiger partial charge in [0.05, 0.1) is 57.5 Å². The minimum absolute atomic E-state index is 0.0153. The van der Waals surface area contributed by atoms with Crippen LogP contribution in [0.1, 0.15) is 34.7 Å². The number of hydrogen-bond donors (Lipinski definition) is 2. The average Bonchev–Trinajstić information content (AvgIpc) is 3.44. The maximum atomic E-state index is 12.6. The number of rotatable bonds is 5. The Morgan fingerprint density at radius 3 is 2.75 bits per heavy atom. The zero-order chi connectivity index (χ0) is 22.8. The van der Waals surface area contributed by atoms with E-state index >= 15 is 0 Å². The molecule has 1 aromatic rings. The highest BCUT2D eigenvalue weighted by Crippen LogP contribution is 2.63. The molecule has 0 unspecified atom stereocenters. The molecule has 11 heteroatoms. The molecule has 0 aromatic heterocycles. The van der Waals surface area contributed by atoms with Gasteiger partial charge < -0.3 is 43.5 Å². The number of ether oxygens (including phenoxy) is 2. The van der Waals surface area contributed by atoms with Crippen LogP contribution in [0.25, 0.3) is 0 Å². The molecule has 32 heavy (non-hydrogen) atoms. The standard InChI is InChI=1S/C21H29BN2O8/c1-24(2)5-6-30-12(11-24)7-18(25)23-9-13(10-23)31-17-4-3-14-15-8-16(15)22(28,29)32-20(14)19(17)21(26)27/h3-4,12-13,15-16,28-29H,5-11H2,1-2H3,(H,26,27)/p-1/t12-,15+,16+/m1/s1. The first kappa shape index (κ1) is 21.5. The van der Waals surface area contributed by atoms with E-state index in [9.17, 15) is 24.7 Å². The molecule has 1 saturated carbocycles. The lowest BCUT2D eigenvalue weighted by molar-refractivity contribution is -0.901. The van der Waals surface area contributed by atoms with E-state index in [1.165, 1.54) is 0 Å². The van der Waals surface area contributed by atoms with Crippen molar-refractivity contribution in [1.29, 1.82) is 0 Å². The molecule has 3 fully saturated rings. The van der Waals surface area contributed by atoms with Crippen molar-refractivity contribution in [2.75, 3.05) is 46.9 Å². The van der Waals surface area contributed by atoms with Crippen molar-refractivity contribution >= 4 is 18.6 Å². The van der Waals surface area contributed by atoms with Crippen molar-refractivity contribution in [3.63, 3.8) is 0 Å². The van der Waals surface area contributed by atoms with Crippen LogP contribution in [0.5, 0.6) is 11.5 Å². The van der Waals surface area contributed by atoms with E-state index in [-0.39, 0.29) is 41.1 Å². The number of nitrogens with zero attached hydrogens (tertiary/aromatic N) is 2. The lowest BCUT2D eigenvalue weighted by atomic mass is 9.68. The summed E-state index contributed by atoms with van der Waals surface area (Å²) in [6, 6.07) is 3.26. The van der Waals surface area contributed by atoms with Crippen LogP contribution in [0.15, 0.2) is 12.1 Å². The number of benzene rings is 1. The number of amides is 1. The molecule has 10 nitrogen and oxygen atoms in total. The number of carboxylic acid groups (broad SMARTS) is 1. The van der Waals surface area contributed by atoms with Gasteiger partial charge in [0.15, 0.2) is 0 Å². The quantitative estimate of drug-likeness (QED) is 0.420. The highest BCUT2D eigenvalue weighted by atomic mass is 16.6. The summed E-state index contributed by atoms with van der Waals surface area (Å²) in [5.41, 5.74) is 0.309. The zero-order valence-corrected chi connectivity index (χ0v) is 18.2. The van der Waals surface area contributed by atoms with Crippen LogP contribution in [-0.2, 0) is 9.53 Å². The first-order chi connectivity index (χ1) is 15.0. The summed E-state index contributed by atoms with van der Waals surface area (Å²) in [6.45, 7) is -0.0953.